The molecule has 0 spiro atoms. The van der Waals surface area contributed by atoms with Crippen LogP contribution in [0.3, 0.4) is 0 Å². The molecule has 2 N–H and O–H groups in total. The third-order valence-electron chi connectivity index (χ3n) is 2.76. The molecule has 1 aromatic rings. The minimum Gasteiger partial charge on any atom is -0.383 e. The van der Waals surface area contributed by atoms with Crippen molar-refractivity contribution < 1.29 is 4.74 Å². The van der Waals surface area contributed by atoms with Gasteiger partial charge in [-0.2, -0.15) is 0 Å². The van der Waals surface area contributed by atoms with Crippen LogP contribution in [0.1, 0.15) is 31.7 Å². The van der Waals surface area contributed by atoms with E-state index in [1.807, 2.05) is 4.68 Å². The lowest BCUT2D eigenvalue weighted by molar-refractivity contribution is 0.181. The van der Waals surface area contributed by atoms with Gasteiger partial charge in [-0.05, 0) is 25.3 Å². The number of rotatable bonds is 8. The normalized spacial score (nSPS) is 11.4. The van der Waals surface area contributed by atoms with E-state index in [1.165, 1.54) is 5.69 Å². The van der Waals surface area contributed by atoms with Crippen LogP contribution in [-0.4, -0.2) is 35.3 Å². The molecule has 0 fully saturated rings. The molecule has 0 aromatic carbocycles. The number of hydrogen-bond acceptors (Lipinski definition) is 4. The molecule has 5 nitrogen and oxygen atoms in total. The SMILES string of the molecule is COCCn1nnc(CCN)c1CCC(C)C. The number of methoxy groups -OCH3 is 1. The summed E-state index contributed by atoms with van der Waals surface area (Å²) in [5.74, 6) is 0.687. The van der Waals surface area contributed by atoms with Gasteiger partial charge in [-0.1, -0.05) is 19.1 Å². The predicted molar refractivity (Wildman–Crippen MR) is 67.8 cm³/mol. The van der Waals surface area contributed by atoms with Gasteiger partial charge in [0, 0.05) is 13.5 Å². The third-order valence-corrected chi connectivity index (χ3v) is 2.76. The molecule has 5 heteroatoms. The van der Waals surface area contributed by atoms with Crippen molar-refractivity contribution in [3.8, 4) is 0 Å². The molecule has 1 aromatic heterocycles. The van der Waals surface area contributed by atoms with Crippen LogP contribution in [0.4, 0.5) is 0 Å². The topological polar surface area (TPSA) is 66.0 Å². The highest BCUT2D eigenvalue weighted by atomic mass is 16.5. The van der Waals surface area contributed by atoms with Gasteiger partial charge in [-0.15, -0.1) is 5.10 Å². The maximum absolute atomic E-state index is 5.59. The molecule has 1 heterocycles. The Morgan fingerprint density at radius 2 is 2.12 bits per heavy atom. The van der Waals surface area contributed by atoms with E-state index in [-0.39, 0.29) is 0 Å². The first-order valence-electron chi connectivity index (χ1n) is 6.29. The van der Waals surface area contributed by atoms with Crippen LogP contribution < -0.4 is 5.73 Å². The summed E-state index contributed by atoms with van der Waals surface area (Å²) in [4.78, 5) is 0. The van der Waals surface area contributed by atoms with Crippen LogP contribution in [0.5, 0.6) is 0 Å². The monoisotopic (exact) mass is 240 g/mol. The van der Waals surface area contributed by atoms with Crippen molar-refractivity contribution in [3.05, 3.63) is 11.4 Å². The van der Waals surface area contributed by atoms with Crippen LogP contribution >= 0.6 is 0 Å². The quantitative estimate of drug-likeness (QED) is 0.736. The smallest absolute Gasteiger partial charge is 0.0871 e. The van der Waals surface area contributed by atoms with E-state index in [0.717, 1.165) is 31.5 Å². The van der Waals surface area contributed by atoms with Gasteiger partial charge in [0.15, 0.2) is 0 Å². The van der Waals surface area contributed by atoms with Crippen molar-refractivity contribution in [2.45, 2.75) is 39.7 Å². The lowest BCUT2D eigenvalue weighted by Gasteiger charge is -2.09. The largest absolute Gasteiger partial charge is 0.383 e. The summed E-state index contributed by atoms with van der Waals surface area (Å²) in [6.45, 7) is 6.51. The standard InChI is InChI=1S/C12H24N4O/c1-10(2)4-5-12-11(6-7-13)14-15-16(12)8-9-17-3/h10H,4-9,13H2,1-3H3. The third kappa shape index (κ3) is 4.44. The summed E-state index contributed by atoms with van der Waals surface area (Å²) < 4.78 is 7.04. The second-order valence-electron chi connectivity index (χ2n) is 4.67. The van der Waals surface area contributed by atoms with Crippen molar-refractivity contribution in [1.29, 1.82) is 0 Å². The average Bonchev–Trinajstić information content (AvgIpc) is 2.67. The van der Waals surface area contributed by atoms with Crippen molar-refractivity contribution in [1.82, 2.24) is 15.0 Å². The number of nitrogens with two attached hydrogens (primary N) is 1. The van der Waals surface area contributed by atoms with E-state index < -0.39 is 0 Å². The Morgan fingerprint density at radius 3 is 2.71 bits per heavy atom. The van der Waals surface area contributed by atoms with Crippen molar-refractivity contribution in [2.24, 2.45) is 11.7 Å². The van der Waals surface area contributed by atoms with Gasteiger partial charge in [-0.3, -0.25) is 0 Å². The molecule has 0 aliphatic heterocycles. The summed E-state index contributed by atoms with van der Waals surface area (Å²) in [6.07, 6.45) is 2.97. The summed E-state index contributed by atoms with van der Waals surface area (Å²) in [6, 6.07) is 0. The first-order valence-corrected chi connectivity index (χ1v) is 6.29. The summed E-state index contributed by atoms with van der Waals surface area (Å²) in [5.41, 5.74) is 7.86. The summed E-state index contributed by atoms with van der Waals surface area (Å²) in [5, 5.41) is 8.40. The maximum atomic E-state index is 5.59. The van der Waals surface area contributed by atoms with Crippen molar-refractivity contribution >= 4 is 0 Å². The fourth-order valence-corrected chi connectivity index (χ4v) is 1.76. The van der Waals surface area contributed by atoms with E-state index in [4.69, 9.17) is 10.5 Å². The van der Waals surface area contributed by atoms with E-state index in [0.29, 0.717) is 19.1 Å². The van der Waals surface area contributed by atoms with Gasteiger partial charge in [0.1, 0.15) is 0 Å². The number of ether oxygens (including phenoxy) is 1. The molecular weight excluding hydrogens is 216 g/mol. The average molecular weight is 240 g/mol. The molecule has 0 atom stereocenters. The van der Waals surface area contributed by atoms with E-state index in [2.05, 4.69) is 24.2 Å². The molecule has 0 aliphatic rings. The van der Waals surface area contributed by atoms with Gasteiger partial charge in [0.05, 0.1) is 24.5 Å². The molecule has 0 radical (unpaired) electrons. The molecule has 0 unspecified atom stereocenters. The van der Waals surface area contributed by atoms with Crippen LogP contribution in [0.25, 0.3) is 0 Å². The number of hydrogen-bond donors (Lipinski definition) is 1. The number of aromatic nitrogens is 3. The minimum absolute atomic E-state index is 0.623. The highest BCUT2D eigenvalue weighted by Gasteiger charge is 2.12. The molecular formula is C12H24N4O. The highest BCUT2D eigenvalue weighted by molar-refractivity contribution is 5.11. The zero-order valence-corrected chi connectivity index (χ0v) is 11.1. The van der Waals surface area contributed by atoms with Gasteiger partial charge < -0.3 is 10.5 Å². The fraction of sp³-hybridized carbons (Fsp3) is 0.833. The Balaban J connectivity index is 2.73. The summed E-state index contributed by atoms with van der Waals surface area (Å²) >= 11 is 0. The van der Waals surface area contributed by atoms with Crippen molar-refractivity contribution in [2.75, 3.05) is 20.3 Å². The van der Waals surface area contributed by atoms with Crippen LogP contribution in [0.15, 0.2) is 0 Å². The van der Waals surface area contributed by atoms with Crippen LogP contribution in [0.2, 0.25) is 0 Å². The first-order chi connectivity index (χ1) is 8.19. The molecule has 0 aliphatic carbocycles. The Bertz CT molecular complexity index is 322. The van der Waals surface area contributed by atoms with E-state index in [9.17, 15) is 0 Å². The molecule has 0 bridgehead atoms. The zero-order valence-electron chi connectivity index (χ0n) is 11.1. The maximum Gasteiger partial charge on any atom is 0.0871 e. The second kappa shape index (κ2) is 7.40. The lowest BCUT2D eigenvalue weighted by Crippen LogP contribution is -2.12. The Hall–Kier alpha value is -0.940. The first kappa shape index (κ1) is 14.1. The molecule has 0 saturated carbocycles. The molecule has 17 heavy (non-hydrogen) atoms. The summed E-state index contributed by atoms with van der Waals surface area (Å²) in [7, 11) is 1.70. The Morgan fingerprint density at radius 1 is 1.35 bits per heavy atom. The van der Waals surface area contributed by atoms with Gasteiger partial charge in [0.2, 0.25) is 0 Å². The lowest BCUT2D eigenvalue weighted by atomic mass is 10.0. The number of nitrogens with zero attached hydrogens (tertiary/aromatic N) is 3. The van der Waals surface area contributed by atoms with E-state index in [1.54, 1.807) is 7.11 Å². The van der Waals surface area contributed by atoms with Crippen molar-refractivity contribution in [3.63, 3.8) is 0 Å². The molecule has 1 rings (SSSR count). The molecule has 98 valence electrons. The zero-order chi connectivity index (χ0) is 12.7. The Labute approximate surface area is 103 Å². The highest BCUT2D eigenvalue weighted by Crippen LogP contribution is 2.12. The minimum atomic E-state index is 0.623. The van der Waals surface area contributed by atoms with Crippen LogP contribution in [0, 0.1) is 5.92 Å². The molecule has 0 amide bonds. The van der Waals surface area contributed by atoms with E-state index >= 15 is 0 Å². The Kier molecular flexibility index (Phi) is 6.15. The molecule has 0 saturated heterocycles. The van der Waals surface area contributed by atoms with Gasteiger partial charge in [0.25, 0.3) is 0 Å². The fourth-order valence-electron chi connectivity index (χ4n) is 1.76. The second-order valence-corrected chi connectivity index (χ2v) is 4.67. The van der Waals surface area contributed by atoms with Crippen LogP contribution in [-0.2, 0) is 24.1 Å². The van der Waals surface area contributed by atoms with Gasteiger partial charge in [-0.25, -0.2) is 4.68 Å². The van der Waals surface area contributed by atoms with Gasteiger partial charge >= 0.3 is 0 Å². The predicted octanol–water partition coefficient (Wildman–Crippen LogP) is 1.01.